The fourth-order valence-corrected chi connectivity index (χ4v) is 3.38. The van der Waals surface area contributed by atoms with Gasteiger partial charge in [0.05, 0.1) is 6.33 Å². The topological polar surface area (TPSA) is 95.8 Å². The molecule has 0 saturated carbocycles. The monoisotopic (exact) mass is 429 g/mol. The highest BCUT2D eigenvalue weighted by atomic mass is 16.5. The minimum absolute atomic E-state index is 0.0827. The largest absolute Gasteiger partial charge is 0.356 e. The van der Waals surface area contributed by atoms with Crippen molar-refractivity contribution >= 4 is 5.91 Å². The zero-order chi connectivity index (χ0) is 22.3. The molecule has 0 spiro atoms. The van der Waals surface area contributed by atoms with E-state index in [9.17, 15) is 4.79 Å². The molecule has 2 aromatic carbocycles. The summed E-state index contributed by atoms with van der Waals surface area (Å²) in [6, 6.07) is 17.6. The molecule has 7 heteroatoms. The first-order valence-corrected chi connectivity index (χ1v) is 10.7. The number of H-pyrrole nitrogens is 1. The van der Waals surface area contributed by atoms with Gasteiger partial charge in [-0.25, -0.2) is 4.98 Å². The summed E-state index contributed by atoms with van der Waals surface area (Å²) in [6.07, 6.45) is 4.46. The van der Waals surface area contributed by atoms with E-state index < -0.39 is 0 Å². The molecule has 0 bridgehead atoms. The first kappa shape index (κ1) is 21.5. The molecule has 2 aromatic heterocycles. The maximum Gasteiger partial charge on any atom is 0.251 e. The lowest BCUT2D eigenvalue weighted by Gasteiger charge is -2.08. The van der Waals surface area contributed by atoms with Gasteiger partial charge < -0.3 is 20.1 Å². The molecule has 1 amide bonds. The summed E-state index contributed by atoms with van der Waals surface area (Å²) in [7, 11) is 0. The smallest absolute Gasteiger partial charge is 0.251 e. The molecular weight excluding hydrogens is 402 g/mol. The predicted octanol–water partition coefficient (Wildman–Crippen LogP) is 4.20. The van der Waals surface area contributed by atoms with Gasteiger partial charge in [0.1, 0.15) is 5.69 Å². The number of rotatable bonds is 9. The second kappa shape index (κ2) is 10.1. The molecule has 0 saturated heterocycles. The minimum atomic E-state index is -0.0978. The van der Waals surface area contributed by atoms with Crippen molar-refractivity contribution in [1.29, 1.82) is 0 Å². The van der Waals surface area contributed by atoms with E-state index in [-0.39, 0.29) is 11.9 Å². The highest BCUT2D eigenvalue weighted by molar-refractivity contribution is 5.95. The van der Waals surface area contributed by atoms with Crippen LogP contribution in [0.25, 0.3) is 22.6 Å². The van der Waals surface area contributed by atoms with Crippen molar-refractivity contribution in [3.8, 4) is 22.6 Å². The lowest BCUT2D eigenvalue weighted by atomic mass is 10.1. The number of benzene rings is 2. The van der Waals surface area contributed by atoms with Crippen LogP contribution in [0.15, 0.2) is 71.6 Å². The molecule has 7 nitrogen and oxygen atoms in total. The number of aromatic nitrogens is 3. The van der Waals surface area contributed by atoms with Crippen molar-refractivity contribution < 1.29 is 9.32 Å². The predicted molar refractivity (Wildman–Crippen MR) is 124 cm³/mol. The summed E-state index contributed by atoms with van der Waals surface area (Å²) in [4.78, 5) is 19.4. The van der Waals surface area contributed by atoms with Crippen LogP contribution in [-0.2, 0) is 13.0 Å². The molecule has 4 rings (SSSR count). The summed E-state index contributed by atoms with van der Waals surface area (Å²) in [5, 5.41) is 10.5. The SMILES string of the molecule is CC(C)NC(=O)c1cccc(-c2cc(-c3ccc(CNCCc4cnc[nH]4)cc3)on2)c1. The highest BCUT2D eigenvalue weighted by Crippen LogP contribution is 2.27. The number of nitrogens with one attached hydrogen (secondary N) is 3. The van der Waals surface area contributed by atoms with Gasteiger partial charge in [-0.05, 0) is 31.5 Å². The Morgan fingerprint density at radius 2 is 1.94 bits per heavy atom. The van der Waals surface area contributed by atoms with E-state index in [0.29, 0.717) is 17.0 Å². The van der Waals surface area contributed by atoms with Gasteiger partial charge in [0.15, 0.2) is 5.76 Å². The van der Waals surface area contributed by atoms with E-state index in [2.05, 4.69) is 37.9 Å². The van der Waals surface area contributed by atoms with Crippen molar-refractivity contribution in [2.45, 2.75) is 32.9 Å². The van der Waals surface area contributed by atoms with Crippen LogP contribution in [0.1, 0.15) is 35.5 Å². The second-order valence-corrected chi connectivity index (χ2v) is 7.99. The Morgan fingerprint density at radius 1 is 1.09 bits per heavy atom. The fourth-order valence-electron chi connectivity index (χ4n) is 3.38. The normalized spacial score (nSPS) is 11.1. The quantitative estimate of drug-likeness (QED) is 0.347. The lowest BCUT2D eigenvalue weighted by molar-refractivity contribution is 0.0943. The lowest BCUT2D eigenvalue weighted by Crippen LogP contribution is -2.30. The minimum Gasteiger partial charge on any atom is -0.356 e. The van der Waals surface area contributed by atoms with Crippen LogP contribution >= 0.6 is 0 Å². The van der Waals surface area contributed by atoms with Gasteiger partial charge in [0.2, 0.25) is 0 Å². The third kappa shape index (κ3) is 5.50. The first-order valence-electron chi connectivity index (χ1n) is 10.7. The van der Waals surface area contributed by atoms with Crippen molar-refractivity contribution in [2.24, 2.45) is 0 Å². The van der Waals surface area contributed by atoms with Gasteiger partial charge in [-0.15, -0.1) is 0 Å². The number of hydrogen-bond donors (Lipinski definition) is 3. The fraction of sp³-hybridized carbons (Fsp3) is 0.240. The molecule has 4 aromatic rings. The van der Waals surface area contributed by atoms with Crippen LogP contribution in [0.2, 0.25) is 0 Å². The molecule has 0 aliphatic carbocycles. The van der Waals surface area contributed by atoms with Gasteiger partial charge >= 0.3 is 0 Å². The summed E-state index contributed by atoms with van der Waals surface area (Å²) in [5.41, 5.74) is 5.42. The van der Waals surface area contributed by atoms with Gasteiger partial charge in [0.25, 0.3) is 5.91 Å². The molecule has 0 aliphatic rings. The van der Waals surface area contributed by atoms with E-state index in [0.717, 1.165) is 36.3 Å². The maximum absolute atomic E-state index is 12.3. The zero-order valence-electron chi connectivity index (χ0n) is 18.3. The Hall–Kier alpha value is -3.71. The Morgan fingerprint density at radius 3 is 2.69 bits per heavy atom. The number of imidazole rings is 1. The molecule has 2 heterocycles. The van der Waals surface area contributed by atoms with E-state index >= 15 is 0 Å². The Labute approximate surface area is 187 Å². The molecule has 0 aliphatic heterocycles. The maximum atomic E-state index is 12.3. The Bertz CT molecular complexity index is 1150. The number of nitrogens with zero attached hydrogens (tertiary/aromatic N) is 2. The second-order valence-electron chi connectivity index (χ2n) is 7.99. The van der Waals surface area contributed by atoms with Gasteiger partial charge in [-0.3, -0.25) is 4.79 Å². The van der Waals surface area contributed by atoms with Crippen molar-refractivity contribution in [3.05, 3.63) is 83.9 Å². The van der Waals surface area contributed by atoms with E-state index in [1.54, 1.807) is 12.4 Å². The number of aromatic amines is 1. The number of hydrogen-bond acceptors (Lipinski definition) is 5. The molecule has 0 radical (unpaired) electrons. The summed E-state index contributed by atoms with van der Waals surface area (Å²) >= 11 is 0. The van der Waals surface area contributed by atoms with Gasteiger partial charge in [-0.2, -0.15) is 0 Å². The molecule has 0 unspecified atom stereocenters. The van der Waals surface area contributed by atoms with Crippen LogP contribution in [-0.4, -0.2) is 33.6 Å². The Kier molecular flexibility index (Phi) is 6.77. The van der Waals surface area contributed by atoms with E-state index in [1.165, 1.54) is 5.56 Å². The average molecular weight is 430 g/mol. The van der Waals surface area contributed by atoms with Crippen LogP contribution in [0.3, 0.4) is 0 Å². The number of carbonyl (C=O) groups is 1. The molecule has 3 N–H and O–H groups in total. The molecule has 0 atom stereocenters. The summed E-state index contributed by atoms with van der Waals surface area (Å²) in [5.74, 6) is 0.593. The third-order valence-electron chi connectivity index (χ3n) is 5.04. The Balaban J connectivity index is 1.37. The third-order valence-corrected chi connectivity index (χ3v) is 5.04. The van der Waals surface area contributed by atoms with Crippen molar-refractivity contribution in [1.82, 2.24) is 25.8 Å². The number of amides is 1. The van der Waals surface area contributed by atoms with E-state index in [4.69, 9.17) is 4.52 Å². The van der Waals surface area contributed by atoms with Gasteiger partial charge in [-0.1, -0.05) is 41.6 Å². The number of carbonyl (C=O) groups excluding carboxylic acids is 1. The van der Waals surface area contributed by atoms with Gasteiger partial charge in [0, 0.05) is 60.2 Å². The van der Waals surface area contributed by atoms with Crippen LogP contribution < -0.4 is 10.6 Å². The van der Waals surface area contributed by atoms with Crippen molar-refractivity contribution in [2.75, 3.05) is 6.54 Å². The summed E-state index contributed by atoms with van der Waals surface area (Å²) < 4.78 is 5.57. The van der Waals surface area contributed by atoms with Crippen LogP contribution in [0, 0.1) is 0 Å². The average Bonchev–Trinajstić information content (AvgIpc) is 3.49. The zero-order valence-corrected chi connectivity index (χ0v) is 18.3. The van der Waals surface area contributed by atoms with Crippen LogP contribution in [0.4, 0.5) is 0 Å². The summed E-state index contributed by atoms with van der Waals surface area (Å²) in [6.45, 7) is 5.55. The van der Waals surface area contributed by atoms with Crippen LogP contribution in [0.5, 0.6) is 0 Å². The van der Waals surface area contributed by atoms with Crippen molar-refractivity contribution in [3.63, 3.8) is 0 Å². The highest BCUT2D eigenvalue weighted by Gasteiger charge is 2.12. The molecule has 164 valence electrons. The van der Waals surface area contributed by atoms with E-state index in [1.807, 2.05) is 56.4 Å². The standard InChI is InChI=1S/C25H27N5O2/c1-17(2)29-25(31)21-5-3-4-20(12-21)23-13-24(32-30-23)19-8-6-18(7-9-19)14-26-11-10-22-15-27-16-28-22/h3-9,12-13,15-17,26H,10-11,14H2,1-2H3,(H,27,28)(H,29,31). The first-order chi connectivity index (χ1) is 15.6. The molecular formula is C25H27N5O2. The molecule has 32 heavy (non-hydrogen) atoms. The molecule has 0 fully saturated rings.